The van der Waals surface area contributed by atoms with Crippen molar-refractivity contribution in [2.45, 2.75) is 5.25 Å². The van der Waals surface area contributed by atoms with Crippen LogP contribution in [0.4, 0.5) is 8.78 Å². The van der Waals surface area contributed by atoms with E-state index in [1.807, 2.05) is 0 Å². The molecular formula is C12H8F2O4S. The van der Waals surface area contributed by atoms with Crippen LogP contribution in [0.15, 0.2) is 42.5 Å². The number of carbonyl (C=O) groups excluding carboxylic acids is 1. The minimum Gasteiger partial charge on any atom is -0.421 e. The number of hydrogen-bond donors (Lipinski definition) is 1. The standard InChI is InChI=1S/C12H8F2O4S/c13-12(14,19-18-16)11(15)17-10-7-3-5-8-4-1-2-6-9(8)10/h1-7,16H. The van der Waals surface area contributed by atoms with Crippen LogP contribution < -0.4 is 4.74 Å². The average Bonchev–Trinajstić information content (AvgIpc) is 2.39. The van der Waals surface area contributed by atoms with Gasteiger partial charge in [-0.25, -0.2) is 10.1 Å². The molecule has 100 valence electrons. The summed E-state index contributed by atoms with van der Waals surface area (Å²) < 4.78 is 34.1. The van der Waals surface area contributed by atoms with Gasteiger partial charge in [-0.3, -0.25) is 0 Å². The minimum absolute atomic E-state index is 0.0151. The number of benzene rings is 2. The largest absolute Gasteiger partial charge is 0.421 e. The minimum atomic E-state index is -3.99. The smallest absolute Gasteiger partial charge is 0.416 e. The third kappa shape index (κ3) is 3.01. The Morgan fingerprint density at radius 1 is 1.16 bits per heavy atom. The Hall–Kier alpha value is -1.70. The SMILES string of the molecule is O=C(Oc1cccc2ccccc12)C(F)(F)SOO. The van der Waals surface area contributed by atoms with Gasteiger partial charge in [0, 0.05) is 5.39 Å². The first-order chi connectivity index (χ1) is 9.04. The second kappa shape index (κ2) is 5.52. The third-order valence-electron chi connectivity index (χ3n) is 2.33. The van der Waals surface area contributed by atoms with Crippen LogP contribution in [0.2, 0.25) is 0 Å². The molecule has 0 atom stereocenters. The predicted molar refractivity (Wildman–Crippen MR) is 65.8 cm³/mol. The van der Waals surface area contributed by atoms with Gasteiger partial charge in [-0.15, -0.1) is 0 Å². The second-order valence-corrected chi connectivity index (χ2v) is 4.37. The molecule has 0 bridgehead atoms. The molecule has 0 aliphatic heterocycles. The quantitative estimate of drug-likeness (QED) is 0.306. The Morgan fingerprint density at radius 3 is 2.58 bits per heavy atom. The molecule has 0 heterocycles. The lowest BCUT2D eigenvalue weighted by molar-refractivity contribution is -0.155. The molecule has 0 aliphatic carbocycles. The highest BCUT2D eigenvalue weighted by atomic mass is 32.2. The van der Waals surface area contributed by atoms with E-state index in [1.54, 1.807) is 36.4 Å². The van der Waals surface area contributed by atoms with E-state index >= 15 is 0 Å². The molecule has 2 aromatic rings. The summed E-state index contributed by atoms with van der Waals surface area (Å²) in [7, 11) is 0. The van der Waals surface area contributed by atoms with Gasteiger partial charge in [0.15, 0.2) is 0 Å². The topological polar surface area (TPSA) is 55.8 Å². The Kier molecular flexibility index (Phi) is 3.98. The van der Waals surface area contributed by atoms with Crippen LogP contribution >= 0.6 is 12.0 Å². The van der Waals surface area contributed by atoms with Crippen LogP contribution in [-0.4, -0.2) is 16.5 Å². The number of fused-ring (bicyclic) bond motifs is 1. The van der Waals surface area contributed by atoms with Gasteiger partial charge in [-0.1, -0.05) is 36.4 Å². The first-order valence-electron chi connectivity index (χ1n) is 5.12. The van der Waals surface area contributed by atoms with Crippen molar-refractivity contribution in [2.24, 2.45) is 0 Å². The summed E-state index contributed by atoms with van der Waals surface area (Å²) in [5.41, 5.74) is 0. The van der Waals surface area contributed by atoms with Gasteiger partial charge in [0.1, 0.15) is 17.8 Å². The van der Waals surface area contributed by atoms with Crippen molar-refractivity contribution in [2.75, 3.05) is 0 Å². The highest BCUT2D eigenvalue weighted by Gasteiger charge is 2.44. The molecule has 0 unspecified atom stereocenters. The van der Waals surface area contributed by atoms with Crippen molar-refractivity contribution in [1.82, 2.24) is 0 Å². The molecular weight excluding hydrogens is 278 g/mol. The second-order valence-electron chi connectivity index (χ2n) is 3.54. The maximum Gasteiger partial charge on any atom is 0.416 e. The third-order valence-corrected chi connectivity index (χ3v) is 2.78. The normalized spacial score (nSPS) is 11.5. The van der Waals surface area contributed by atoms with Gasteiger partial charge in [-0.05, 0) is 11.5 Å². The Bertz CT molecular complexity index is 598. The summed E-state index contributed by atoms with van der Waals surface area (Å²) in [6.07, 6.45) is 0. The van der Waals surface area contributed by atoms with E-state index in [2.05, 4.69) is 9.07 Å². The number of carbonyl (C=O) groups is 1. The molecule has 2 rings (SSSR count). The summed E-state index contributed by atoms with van der Waals surface area (Å²) in [6.45, 7) is 0. The van der Waals surface area contributed by atoms with E-state index in [-0.39, 0.29) is 5.75 Å². The number of esters is 1. The summed E-state index contributed by atoms with van der Waals surface area (Å²) in [4.78, 5) is 11.3. The number of halogens is 2. The lowest BCUT2D eigenvalue weighted by atomic mass is 10.1. The lowest BCUT2D eigenvalue weighted by Gasteiger charge is -2.12. The van der Waals surface area contributed by atoms with E-state index in [1.165, 1.54) is 6.07 Å². The van der Waals surface area contributed by atoms with E-state index < -0.39 is 23.3 Å². The van der Waals surface area contributed by atoms with E-state index in [9.17, 15) is 13.6 Å². The molecule has 0 amide bonds. The van der Waals surface area contributed by atoms with Crippen LogP contribution in [0.3, 0.4) is 0 Å². The Labute approximate surface area is 111 Å². The molecule has 0 radical (unpaired) electrons. The maximum absolute atomic E-state index is 13.1. The van der Waals surface area contributed by atoms with Crippen molar-refractivity contribution in [3.05, 3.63) is 42.5 Å². The average molecular weight is 286 g/mol. The number of alkyl halides is 2. The molecule has 19 heavy (non-hydrogen) atoms. The molecule has 4 nitrogen and oxygen atoms in total. The number of hydrogen-bond acceptors (Lipinski definition) is 5. The first kappa shape index (κ1) is 13.7. The summed E-state index contributed by atoms with van der Waals surface area (Å²) in [5.74, 6) is -1.80. The van der Waals surface area contributed by atoms with Crippen LogP contribution in [0.1, 0.15) is 0 Å². The summed E-state index contributed by atoms with van der Waals surface area (Å²) >= 11 is -0.686. The molecule has 0 aromatic heterocycles. The van der Waals surface area contributed by atoms with Crippen LogP contribution in [-0.2, 0) is 9.13 Å². The van der Waals surface area contributed by atoms with E-state index in [4.69, 9.17) is 5.26 Å². The highest BCUT2D eigenvalue weighted by molar-refractivity contribution is 7.96. The molecule has 0 saturated carbocycles. The Morgan fingerprint density at radius 2 is 1.84 bits per heavy atom. The number of rotatable bonds is 4. The number of ether oxygens (including phenoxy) is 1. The van der Waals surface area contributed by atoms with Crippen LogP contribution in [0, 0.1) is 0 Å². The molecule has 0 fully saturated rings. The predicted octanol–water partition coefficient (Wildman–Crippen LogP) is 3.48. The maximum atomic E-state index is 13.1. The monoisotopic (exact) mass is 286 g/mol. The van der Waals surface area contributed by atoms with Gasteiger partial charge in [0.25, 0.3) is 0 Å². The fourth-order valence-corrected chi connectivity index (χ4v) is 1.73. The van der Waals surface area contributed by atoms with Gasteiger partial charge in [-0.2, -0.15) is 13.1 Å². The van der Waals surface area contributed by atoms with E-state index in [0.29, 0.717) is 5.39 Å². The molecule has 0 aliphatic rings. The lowest BCUT2D eigenvalue weighted by Crippen LogP contribution is -2.29. The van der Waals surface area contributed by atoms with Crippen molar-refractivity contribution in [3.63, 3.8) is 0 Å². The Balaban J connectivity index is 2.29. The molecule has 2 aromatic carbocycles. The van der Waals surface area contributed by atoms with Gasteiger partial charge in [0.2, 0.25) is 0 Å². The highest BCUT2D eigenvalue weighted by Crippen LogP contribution is 2.33. The molecule has 7 heteroatoms. The summed E-state index contributed by atoms with van der Waals surface area (Å²) in [6, 6.07) is 11.6. The van der Waals surface area contributed by atoms with Crippen molar-refractivity contribution in [1.29, 1.82) is 0 Å². The zero-order valence-electron chi connectivity index (χ0n) is 9.38. The zero-order chi connectivity index (χ0) is 13.9. The fourth-order valence-electron chi connectivity index (χ4n) is 1.52. The molecule has 1 N–H and O–H groups in total. The van der Waals surface area contributed by atoms with Gasteiger partial charge in [0.05, 0.1) is 0 Å². The zero-order valence-corrected chi connectivity index (χ0v) is 10.2. The van der Waals surface area contributed by atoms with Gasteiger partial charge < -0.3 is 4.74 Å². The van der Waals surface area contributed by atoms with Crippen molar-refractivity contribution in [3.8, 4) is 5.75 Å². The first-order valence-corrected chi connectivity index (χ1v) is 5.86. The van der Waals surface area contributed by atoms with E-state index in [0.717, 1.165) is 5.39 Å². The van der Waals surface area contributed by atoms with Crippen LogP contribution in [0.5, 0.6) is 5.75 Å². The fraction of sp³-hybridized carbons (Fsp3) is 0.0833. The molecule has 0 saturated heterocycles. The van der Waals surface area contributed by atoms with Crippen LogP contribution in [0.25, 0.3) is 10.8 Å². The van der Waals surface area contributed by atoms with Gasteiger partial charge >= 0.3 is 11.2 Å². The summed E-state index contributed by atoms with van der Waals surface area (Å²) in [5, 5.41) is 5.25. The molecule has 0 spiro atoms. The van der Waals surface area contributed by atoms with Crippen molar-refractivity contribution >= 4 is 28.8 Å². The van der Waals surface area contributed by atoms with Crippen molar-refractivity contribution < 1.29 is 27.9 Å².